The lowest BCUT2D eigenvalue weighted by atomic mass is 9.92. The van der Waals surface area contributed by atoms with Crippen molar-refractivity contribution in [2.75, 3.05) is 26.2 Å². The van der Waals surface area contributed by atoms with E-state index in [1.54, 1.807) is 18.2 Å². The molecule has 21 heavy (non-hydrogen) atoms. The topological polar surface area (TPSA) is 32.3 Å². The number of nitrogens with one attached hydrogen (secondary N) is 1. The number of amides is 1. The van der Waals surface area contributed by atoms with Crippen molar-refractivity contribution in [3.63, 3.8) is 0 Å². The summed E-state index contributed by atoms with van der Waals surface area (Å²) in [4.78, 5) is 14.5. The highest BCUT2D eigenvalue weighted by molar-refractivity contribution is 6.36. The van der Waals surface area contributed by atoms with Crippen LogP contribution >= 0.6 is 35.6 Å². The van der Waals surface area contributed by atoms with Crippen LogP contribution in [0.1, 0.15) is 23.2 Å². The van der Waals surface area contributed by atoms with Gasteiger partial charge in [-0.1, -0.05) is 23.2 Å². The summed E-state index contributed by atoms with van der Waals surface area (Å²) < 4.78 is 0. The second kappa shape index (κ2) is 7.19. The average Bonchev–Trinajstić information content (AvgIpc) is 2.77. The second-order valence-electron chi connectivity index (χ2n) is 5.67. The average molecular weight is 350 g/mol. The molecule has 1 N–H and O–H groups in total. The number of nitrogens with zero attached hydrogens (tertiary/aromatic N) is 1. The normalized spacial score (nSPS) is 25.0. The molecule has 2 atom stereocenters. The standard InChI is InChI=1S/C15H18Cl2N2O.ClH/c16-12-1-2-13(14(17)7-12)15(20)19-5-3-10-8-18-9-11(10)4-6-19;/h1-2,7,10-11,18H,3-6,8-9H2;1H/t10-,11+;. The van der Waals surface area contributed by atoms with Crippen molar-refractivity contribution in [1.82, 2.24) is 10.2 Å². The van der Waals surface area contributed by atoms with Crippen LogP contribution in [0.15, 0.2) is 18.2 Å². The summed E-state index contributed by atoms with van der Waals surface area (Å²) in [5.41, 5.74) is 0.557. The molecule has 6 heteroatoms. The van der Waals surface area contributed by atoms with E-state index >= 15 is 0 Å². The number of carbonyl (C=O) groups is 1. The third-order valence-electron chi connectivity index (χ3n) is 4.47. The molecular formula is C15H19Cl3N2O. The molecule has 1 amide bonds. The number of rotatable bonds is 1. The largest absolute Gasteiger partial charge is 0.339 e. The van der Waals surface area contributed by atoms with E-state index < -0.39 is 0 Å². The molecule has 0 saturated carbocycles. The van der Waals surface area contributed by atoms with Crippen LogP contribution in [0.5, 0.6) is 0 Å². The SMILES string of the molecule is Cl.O=C(c1ccc(Cl)cc1Cl)N1CC[C@@H]2CNC[C@@H]2CC1. The van der Waals surface area contributed by atoms with Crippen LogP contribution < -0.4 is 5.32 Å². The maximum Gasteiger partial charge on any atom is 0.255 e. The molecular weight excluding hydrogens is 331 g/mol. The lowest BCUT2D eigenvalue weighted by Gasteiger charge is -2.21. The van der Waals surface area contributed by atoms with Gasteiger partial charge in [-0.3, -0.25) is 4.79 Å². The zero-order chi connectivity index (χ0) is 14.1. The number of hydrogen-bond acceptors (Lipinski definition) is 2. The summed E-state index contributed by atoms with van der Waals surface area (Å²) in [7, 11) is 0. The van der Waals surface area contributed by atoms with Crippen molar-refractivity contribution in [2.45, 2.75) is 12.8 Å². The summed E-state index contributed by atoms with van der Waals surface area (Å²) in [5, 5.41) is 4.44. The Morgan fingerprint density at radius 2 is 1.76 bits per heavy atom. The first-order valence-electron chi connectivity index (χ1n) is 7.10. The number of carbonyl (C=O) groups excluding carboxylic acids is 1. The molecule has 2 aliphatic rings. The van der Waals surface area contributed by atoms with Crippen LogP contribution in [0.3, 0.4) is 0 Å². The summed E-state index contributed by atoms with van der Waals surface area (Å²) in [6, 6.07) is 5.07. The van der Waals surface area contributed by atoms with Crippen molar-refractivity contribution < 1.29 is 4.79 Å². The fraction of sp³-hybridized carbons (Fsp3) is 0.533. The fourth-order valence-corrected chi connectivity index (χ4v) is 3.74. The first kappa shape index (κ1) is 16.9. The molecule has 0 spiro atoms. The monoisotopic (exact) mass is 348 g/mol. The highest BCUT2D eigenvalue weighted by atomic mass is 35.5. The van der Waals surface area contributed by atoms with Gasteiger partial charge in [0.2, 0.25) is 0 Å². The Morgan fingerprint density at radius 3 is 2.33 bits per heavy atom. The maximum atomic E-state index is 12.6. The van der Waals surface area contributed by atoms with Gasteiger partial charge >= 0.3 is 0 Å². The Bertz CT molecular complexity index is 510. The fourth-order valence-electron chi connectivity index (χ4n) is 3.25. The van der Waals surface area contributed by atoms with Gasteiger partial charge in [0, 0.05) is 18.1 Å². The summed E-state index contributed by atoms with van der Waals surface area (Å²) in [5.74, 6) is 1.46. The molecule has 0 unspecified atom stereocenters. The minimum Gasteiger partial charge on any atom is -0.339 e. The molecule has 0 aliphatic carbocycles. The lowest BCUT2D eigenvalue weighted by Crippen LogP contribution is -2.32. The zero-order valence-corrected chi connectivity index (χ0v) is 14.0. The highest BCUT2D eigenvalue weighted by Gasteiger charge is 2.31. The Labute approximate surface area is 141 Å². The van der Waals surface area contributed by atoms with Crippen molar-refractivity contribution in [2.24, 2.45) is 11.8 Å². The van der Waals surface area contributed by atoms with E-state index in [0.717, 1.165) is 39.0 Å². The molecule has 2 aliphatic heterocycles. The quantitative estimate of drug-likeness (QED) is 0.842. The van der Waals surface area contributed by atoms with Gasteiger partial charge in [0.1, 0.15) is 0 Å². The molecule has 0 radical (unpaired) electrons. The number of benzene rings is 1. The highest BCUT2D eigenvalue weighted by Crippen LogP contribution is 2.29. The number of hydrogen-bond donors (Lipinski definition) is 1. The van der Waals surface area contributed by atoms with Gasteiger partial charge in [0.25, 0.3) is 5.91 Å². The lowest BCUT2D eigenvalue weighted by molar-refractivity contribution is 0.0758. The Morgan fingerprint density at radius 1 is 1.14 bits per heavy atom. The van der Waals surface area contributed by atoms with Crippen LogP contribution in [-0.4, -0.2) is 37.0 Å². The Balaban J connectivity index is 0.00000161. The van der Waals surface area contributed by atoms with E-state index in [9.17, 15) is 4.79 Å². The molecule has 116 valence electrons. The van der Waals surface area contributed by atoms with E-state index in [-0.39, 0.29) is 18.3 Å². The van der Waals surface area contributed by atoms with E-state index in [2.05, 4.69) is 5.32 Å². The third-order valence-corrected chi connectivity index (χ3v) is 5.02. The number of fused-ring (bicyclic) bond motifs is 1. The molecule has 0 bridgehead atoms. The minimum absolute atomic E-state index is 0. The number of likely N-dealkylation sites (tertiary alicyclic amines) is 1. The Kier molecular flexibility index (Phi) is 5.78. The first-order valence-corrected chi connectivity index (χ1v) is 7.86. The van der Waals surface area contributed by atoms with Gasteiger partial charge in [-0.25, -0.2) is 0 Å². The first-order chi connectivity index (χ1) is 9.65. The van der Waals surface area contributed by atoms with Crippen LogP contribution in [-0.2, 0) is 0 Å². The predicted molar refractivity (Wildman–Crippen MR) is 88.7 cm³/mol. The minimum atomic E-state index is 0. The third kappa shape index (κ3) is 3.65. The van der Waals surface area contributed by atoms with Gasteiger partial charge in [-0.2, -0.15) is 0 Å². The van der Waals surface area contributed by atoms with Crippen molar-refractivity contribution in [1.29, 1.82) is 0 Å². The zero-order valence-electron chi connectivity index (χ0n) is 11.6. The maximum absolute atomic E-state index is 12.6. The molecule has 1 aromatic carbocycles. The molecule has 0 aromatic heterocycles. The molecule has 3 nitrogen and oxygen atoms in total. The predicted octanol–water partition coefficient (Wildman–Crippen LogP) is 3.49. The molecule has 2 fully saturated rings. The molecule has 2 heterocycles. The van der Waals surface area contributed by atoms with Gasteiger partial charge < -0.3 is 10.2 Å². The van der Waals surface area contributed by atoms with Crippen molar-refractivity contribution in [3.05, 3.63) is 33.8 Å². The summed E-state index contributed by atoms with van der Waals surface area (Å²) >= 11 is 12.0. The van der Waals surface area contributed by atoms with Gasteiger partial charge in [-0.05, 0) is 56.0 Å². The van der Waals surface area contributed by atoms with Crippen LogP contribution in [0.2, 0.25) is 10.0 Å². The van der Waals surface area contributed by atoms with E-state index in [1.807, 2.05) is 4.90 Å². The van der Waals surface area contributed by atoms with Crippen LogP contribution in [0, 0.1) is 11.8 Å². The summed E-state index contributed by atoms with van der Waals surface area (Å²) in [6.45, 7) is 3.82. The molecule has 1 aromatic rings. The second-order valence-corrected chi connectivity index (χ2v) is 6.52. The van der Waals surface area contributed by atoms with Gasteiger partial charge in [0.05, 0.1) is 10.6 Å². The smallest absolute Gasteiger partial charge is 0.255 e. The van der Waals surface area contributed by atoms with Gasteiger partial charge in [0.15, 0.2) is 0 Å². The molecule has 3 rings (SSSR count). The van der Waals surface area contributed by atoms with E-state index in [1.165, 1.54) is 0 Å². The van der Waals surface area contributed by atoms with Gasteiger partial charge in [-0.15, -0.1) is 12.4 Å². The van der Waals surface area contributed by atoms with Crippen LogP contribution in [0.4, 0.5) is 0 Å². The Hall–Kier alpha value is -0.480. The van der Waals surface area contributed by atoms with E-state index in [4.69, 9.17) is 23.2 Å². The summed E-state index contributed by atoms with van der Waals surface area (Å²) in [6.07, 6.45) is 2.16. The van der Waals surface area contributed by atoms with E-state index in [0.29, 0.717) is 27.4 Å². The number of halogens is 3. The van der Waals surface area contributed by atoms with Crippen molar-refractivity contribution in [3.8, 4) is 0 Å². The molecule has 2 saturated heterocycles. The van der Waals surface area contributed by atoms with Crippen LogP contribution in [0.25, 0.3) is 0 Å². The van der Waals surface area contributed by atoms with Crippen molar-refractivity contribution >= 4 is 41.5 Å².